The van der Waals surface area contributed by atoms with E-state index in [0.29, 0.717) is 19.5 Å². The monoisotopic (exact) mass is 340 g/mol. The van der Waals surface area contributed by atoms with Gasteiger partial charge in [-0.1, -0.05) is 30.3 Å². The molecule has 2 unspecified atom stereocenters. The molecule has 2 heterocycles. The number of amides is 2. The fraction of sp³-hybridized carbons (Fsp3) is 0.368. The van der Waals surface area contributed by atoms with Gasteiger partial charge >= 0.3 is 6.03 Å². The maximum Gasteiger partial charge on any atom is 0.319 e. The van der Waals surface area contributed by atoms with Crippen molar-refractivity contribution in [1.29, 1.82) is 0 Å². The standard InChI is InChI=1S/C19H24N4O2/c1-14-10-20-8-7-18(14)22-19(25)21-11-16-9-17(24)13-23(16)12-15-5-3-2-4-6-15/h2-8,10,16-17,24H,9,11-13H2,1H3,(H2,20,21,22,25). The minimum atomic E-state index is -0.346. The van der Waals surface area contributed by atoms with Gasteiger partial charge in [-0.05, 0) is 30.5 Å². The third kappa shape index (κ3) is 4.78. The molecule has 1 fully saturated rings. The summed E-state index contributed by atoms with van der Waals surface area (Å²) in [5, 5.41) is 15.8. The van der Waals surface area contributed by atoms with Gasteiger partial charge in [0.05, 0.1) is 6.10 Å². The number of pyridine rings is 1. The van der Waals surface area contributed by atoms with Crippen LogP contribution in [0.4, 0.5) is 10.5 Å². The van der Waals surface area contributed by atoms with E-state index < -0.39 is 0 Å². The minimum Gasteiger partial charge on any atom is -0.392 e. The lowest BCUT2D eigenvalue weighted by atomic mass is 10.1. The van der Waals surface area contributed by atoms with Crippen molar-refractivity contribution in [3.8, 4) is 0 Å². The Labute approximate surface area is 147 Å². The highest BCUT2D eigenvalue weighted by Crippen LogP contribution is 2.20. The summed E-state index contributed by atoms with van der Waals surface area (Å²) in [6, 6.07) is 11.8. The minimum absolute atomic E-state index is 0.125. The van der Waals surface area contributed by atoms with Crippen LogP contribution in [0.5, 0.6) is 0 Å². The Bertz CT molecular complexity index is 708. The maximum atomic E-state index is 12.1. The van der Waals surface area contributed by atoms with Crippen molar-refractivity contribution < 1.29 is 9.90 Å². The molecule has 1 aromatic heterocycles. The first-order valence-corrected chi connectivity index (χ1v) is 8.53. The zero-order valence-corrected chi connectivity index (χ0v) is 14.4. The number of urea groups is 1. The van der Waals surface area contributed by atoms with Gasteiger partial charge in [0, 0.05) is 43.8 Å². The van der Waals surface area contributed by atoms with Crippen LogP contribution < -0.4 is 10.6 Å². The predicted octanol–water partition coefficient (Wildman–Crippen LogP) is 2.15. The number of likely N-dealkylation sites (tertiary alicyclic amines) is 1. The van der Waals surface area contributed by atoms with Crippen LogP contribution in [0, 0.1) is 6.92 Å². The highest BCUT2D eigenvalue weighted by atomic mass is 16.3. The molecular weight excluding hydrogens is 316 g/mol. The van der Waals surface area contributed by atoms with Crippen molar-refractivity contribution >= 4 is 11.7 Å². The Morgan fingerprint density at radius 3 is 2.88 bits per heavy atom. The van der Waals surface area contributed by atoms with E-state index in [9.17, 15) is 9.90 Å². The van der Waals surface area contributed by atoms with Gasteiger partial charge in [-0.15, -0.1) is 0 Å². The molecule has 1 aliphatic rings. The van der Waals surface area contributed by atoms with Crippen LogP contribution in [0.2, 0.25) is 0 Å². The van der Waals surface area contributed by atoms with Gasteiger partial charge < -0.3 is 15.7 Å². The summed E-state index contributed by atoms with van der Waals surface area (Å²) in [4.78, 5) is 18.4. The summed E-state index contributed by atoms with van der Waals surface area (Å²) in [6.45, 7) is 3.80. The van der Waals surface area contributed by atoms with Crippen LogP contribution in [0.15, 0.2) is 48.8 Å². The van der Waals surface area contributed by atoms with Crippen molar-refractivity contribution in [3.63, 3.8) is 0 Å². The second-order valence-corrected chi connectivity index (χ2v) is 6.48. The molecule has 25 heavy (non-hydrogen) atoms. The normalized spacial score (nSPS) is 20.4. The lowest BCUT2D eigenvalue weighted by molar-refractivity contribution is 0.172. The molecule has 3 N–H and O–H groups in total. The molecule has 1 aromatic carbocycles. The van der Waals surface area contributed by atoms with Crippen molar-refractivity contribution in [2.75, 3.05) is 18.4 Å². The topological polar surface area (TPSA) is 77.5 Å². The van der Waals surface area contributed by atoms with E-state index in [2.05, 4.69) is 32.7 Å². The van der Waals surface area contributed by atoms with Crippen LogP contribution >= 0.6 is 0 Å². The lowest BCUT2D eigenvalue weighted by Crippen LogP contribution is -2.41. The van der Waals surface area contributed by atoms with E-state index in [0.717, 1.165) is 17.8 Å². The molecule has 0 radical (unpaired) electrons. The average Bonchev–Trinajstić information content (AvgIpc) is 2.95. The number of nitrogens with one attached hydrogen (secondary N) is 2. The van der Waals surface area contributed by atoms with Gasteiger partial charge in [0.2, 0.25) is 0 Å². The van der Waals surface area contributed by atoms with Crippen molar-refractivity contribution in [2.45, 2.75) is 32.0 Å². The van der Waals surface area contributed by atoms with E-state index in [4.69, 9.17) is 0 Å². The molecular formula is C19H24N4O2. The molecule has 132 valence electrons. The number of carbonyl (C=O) groups is 1. The molecule has 6 nitrogen and oxygen atoms in total. The molecule has 0 aliphatic carbocycles. The summed E-state index contributed by atoms with van der Waals surface area (Å²) in [5.74, 6) is 0. The number of nitrogens with zero attached hydrogens (tertiary/aromatic N) is 2. The van der Waals surface area contributed by atoms with Crippen molar-refractivity contribution in [2.24, 2.45) is 0 Å². The maximum absolute atomic E-state index is 12.1. The number of hydrogen-bond donors (Lipinski definition) is 3. The fourth-order valence-corrected chi connectivity index (χ4v) is 3.17. The molecule has 0 bridgehead atoms. The van der Waals surface area contributed by atoms with Crippen LogP contribution in [0.25, 0.3) is 0 Å². The summed E-state index contributed by atoms with van der Waals surface area (Å²) >= 11 is 0. The van der Waals surface area contributed by atoms with Gasteiger partial charge in [0.25, 0.3) is 0 Å². The number of rotatable bonds is 5. The Kier molecular flexibility index (Phi) is 5.63. The first kappa shape index (κ1) is 17.4. The highest BCUT2D eigenvalue weighted by molar-refractivity contribution is 5.89. The fourth-order valence-electron chi connectivity index (χ4n) is 3.17. The first-order valence-electron chi connectivity index (χ1n) is 8.53. The number of hydrogen-bond acceptors (Lipinski definition) is 4. The number of aromatic nitrogens is 1. The summed E-state index contributed by atoms with van der Waals surface area (Å²) in [7, 11) is 0. The second-order valence-electron chi connectivity index (χ2n) is 6.48. The number of carbonyl (C=O) groups excluding carboxylic acids is 1. The van der Waals surface area contributed by atoms with Gasteiger partial charge in [-0.3, -0.25) is 9.88 Å². The molecule has 2 amide bonds. The van der Waals surface area contributed by atoms with Crippen LogP contribution in [0.3, 0.4) is 0 Å². The van der Waals surface area contributed by atoms with Gasteiger partial charge in [0.15, 0.2) is 0 Å². The lowest BCUT2D eigenvalue weighted by Gasteiger charge is -2.24. The quantitative estimate of drug-likeness (QED) is 0.779. The predicted molar refractivity (Wildman–Crippen MR) is 97.3 cm³/mol. The number of aliphatic hydroxyl groups excluding tert-OH is 1. The molecule has 2 aromatic rings. The summed E-state index contributed by atoms with van der Waals surface area (Å²) in [6.07, 6.45) is 3.68. The third-order valence-corrected chi connectivity index (χ3v) is 4.50. The number of β-amino-alcohol motifs (C(OH)–C–C–N with tert-alkyl or cyclic N) is 1. The molecule has 1 aliphatic heterocycles. The largest absolute Gasteiger partial charge is 0.392 e. The molecule has 0 saturated carbocycles. The molecule has 6 heteroatoms. The summed E-state index contributed by atoms with van der Waals surface area (Å²) < 4.78 is 0. The zero-order chi connectivity index (χ0) is 17.6. The zero-order valence-electron chi connectivity index (χ0n) is 14.4. The molecule has 2 atom stereocenters. The van der Waals surface area contributed by atoms with Crippen molar-refractivity contribution in [3.05, 3.63) is 59.9 Å². The van der Waals surface area contributed by atoms with E-state index in [-0.39, 0.29) is 18.2 Å². The smallest absolute Gasteiger partial charge is 0.319 e. The Morgan fingerprint density at radius 2 is 2.12 bits per heavy atom. The summed E-state index contributed by atoms with van der Waals surface area (Å²) in [5.41, 5.74) is 2.87. The third-order valence-electron chi connectivity index (χ3n) is 4.50. The number of aryl methyl sites for hydroxylation is 1. The van der Waals surface area contributed by atoms with E-state index >= 15 is 0 Å². The molecule has 1 saturated heterocycles. The van der Waals surface area contributed by atoms with Crippen LogP contribution in [-0.2, 0) is 6.54 Å². The Morgan fingerprint density at radius 1 is 1.32 bits per heavy atom. The first-order chi connectivity index (χ1) is 12.1. The number of anilines is 1. The SMILES string of the molecule is Cc1cnccc1NC(=O)NCC1CC(O)CN1Cc1ccccc1. The molecule has 0 spiro atoms. The van der Waals surface area contributed by atoms with E-state index in [1.165, 1.54) is 5.56 Å². The second kappa shape index (κ2) is 8.09. The highest BCUT2D eigenvalue weighted by Gasteiger charge is 2.30. The van der Waals surface area contributed by atoms with Gasteiger partial charge in [0.1, 0.15) is 0 Å². The van der Waals surface area contributed by atoms with Gasteiger partial charge in [-0.2, -0.15) is 0 Å². The average molecular weight is 340 g/mol. The van der Waals surface area contributed by atoms with Gasteiger partial charge in [-0.25, -0.2) is 4.79 Å². The number of benzene rings is 1. The van der Waals surface area contributed by atoms with E-state index in [1.807, 2.05) is 25.1 Å². The van der Waals surface area contributed by atoms with Crippen LogP contribution in [0.1, 0.15) is 17.5 Å². The Hall–Kier alpha value is -2.44. The number of aliphatic hydroxyl groups is 1. The molecule has 3 rings (SSSR count). The van der Waals surface area contributed by atoms with E-state index in [1.54, 1.807) is 18.5 Å². The Balaban J connectivity index is 1.53. The van der Waals surface area contributed by atoms with Crippen molar-refractivity contribution in [1.82, 2.24) is 15.2 Å². The van der Waals surface area contributed by atoms with Crippen LogP contribution in [-0.4, -0.2) is 46.3 Å².